The quantitative estimate of drug-likeness (QED) is 0.806. The Morgan fingerprint density at radius 1 is 1.35 bits per heavy atom. The molecule has 7 heteroatoms. The summed E-state index contributed by atoms with van der Waals surface area (Å²) < 4.78 is 24.2. The summed E-state index contributed by atoms with van der Waals surface area (Å²) in [5, 5.41) is 0.460. The maximum Gasteiger partial charge on any atom is 0.261 e. The van der Waals surface area contributed by atoms with Crippen molar-refractivity contribution in [1.29, 1.82) is 0 Å². The minimum Gasteiger partial charge on any atom is -0.291 e. The van der Waals surface area contributed by atoms with Crippen LogP contribution >= 0.6 is 11.6 Å². The summed E-state index contributed by atoms with van der Waals surface area (Å²) in [5.74, 6) is 0.303. The number of hydrogen-bond acceptors (Lipinski definition) is 4. The Morgan fingerprint density at radius 3 is 2.60 bits per heavy atom. The molecule has 2 aromatic rings. The van der Waals surface area contributed by atoms with Gasteiger partial charge in [0.05, 0.1) is 22.5 Å². The molecule has 0 saturated heterocycles. The van der Waals surface area contributed by atoms with Crippen molar-refractivity contribution in [3.05, 3.63) is 40.4 Å². The third-order valence-corrected chi connectivity index (χ3v) is 4.31. The first kappa shape index (κ1) is 15.0. The zero-order valence-electron chi connectivity index (χ0n) is 11.2. The molecular weight excluding hydrogens is 300 g/mol. The predicted octanol–water partition coefficient (Wildman–Crippen LogP) is 1.74. The number of fused-ring (bicyclic) bond motifs is 1. The Hall–Kier alpha value is -1.40. The van der Waals surface area contributed by atoms with Crippen molar-refractivity contribution in [2.75, 3.05) is 12.0 Å². The molecule has 0 amide bonds. The largest absolute Gasteiger partial charge is 0.291 e. The zero-order valence-corrected chi connectivity index (χ0v) is 12.8. The van der Waals surface area contributed by atoms with Crippen molar-refractivity contribution in [2.24, 2.45) is 0 Å². The molecule has 1 heterocycles. The van der Waals surface area contributed by atoms with Crippen molar-refractivity contribution < 1.29 is 8.42 Å². The van der Waals surface area contributed by atoms with Crippen LogP contribution in [0.5, 0.6) is 0 Å². The molecule has 2 rings (SSSR count). The summed E-state index contributed by atoms with van der Waals surface area (Å²) in [6.45, 7) is 1.68. The summed E-state index contributed by atoms with van der Waals surface area (Å²) in [6, 6.07) is 6.43. The van der Waals surface area contributed by atoms with Gasteiger partial charge in [-0.2, -0.15) is 0 Å². The molecule has 1 aromatic heterocycles. The summed E-state index contributed by atoms with van der Waals surface area (Å²) in [7, 11) is -3.20. The smallest absolute Gasteiger partial charge is 0.261 e. The molecule has 1 atom stereocenters. The molecule has 0 aliphatic heterocycles. The Labute approximate surface area is 122 Å². The van der Waals surface area contributed by atoms with Crippen LogP contribution in [0, 0.1) is 0 Å². The molecule has 0 bridgehead atoms. The number of rotatable bonds is 4. The van der Waals surface area contributed by atoms with Crippen LogP contribution in [0.1, 0.15) is 18.8 Å². The Kier molecular flexibility index (Phi) is 4.15. The lowest BCUT2D eigenvalue weighted by atomic mass is 10.2. The molecule has 0 radical (unpaired) electrons. The molecule has 1 aromatic carbocycles. The van der Waals surface area contributed by atoms with E-state index in [-0.39, 0.29) is 17.2 Å². The molecule has 0 aliphatic rings. The Bertz CT molecular complexity index is 799. The maximum absolute atomic E-state index is 12.5. The summed E-state index contributed by atoms with van der Waals surface area (Å²) in [4.78, 5) is 16.8. The fourth-order valence-electron chi connectivity index (χ4n) is 2.25. The van der Waals surface area contributed by atoms with Gasteiger partial charge in [0.25, 0.3) is 5.56 Å². The minimum atomic E-state index is -3.20. The van der Waals surface area contributed by atoms with E-state index in [4.69, 9.17) is 11.6 Å². The van der Waals surface area contributed by atoms with Crippen LogP contribution in [0.15, 0.2) is 29.1 Å². The van der Waals surface area contributed by atoms with Gasteiger partial charge < -0.3 is 0 Å². The van der Waals surface area contributed by atoms with Gasteiger partial charge >= 0.3 is 0 Å². The van der Waals surface area contributed by atoms with Gasteiger partial charge in [-0.1, -0.05) is 12.1 Å². The molecule has 108 valence electrons. The number of para-hydroxylation sites is 1. The second kappa shape index (κ2) is 5.54. The first-order valence-corrected chi connectivity index (χ1v) is 8.67. The molecule has 20 heavy (non-hydrogen) atoms. The lowest BCUT2D eigenvalue weighted by molar-refractivity contribution is 0.535. The van der Waals surface area contributed by atoms with Crippen molar-refractivity contribution in [2.45, 2.75) is 18.8 Å². The standard InChI is InChI=1S/C13H15ClN2O3S/c1-9(8-20(2,18)19)16-12(7-14)15-11-6-4-3-5-10(11)13(16)17/h3-6,9H,7-8H2,1-2H3. The van der Waals surface area contributed by atoms with Gasteiger partial charge in [-0.15, -0.1) is 11.6 Å². The molecular formula is C13H15ClN2O3S. The van der Waals surface area contributed by atoms with Crippen LogP contribution in [0.25, 0.3) is 10.9 Å². The topological polar surface area (TPSA) is 69.0 Å². The van der Waals surface area contributed by atoms with Crippen molar-refractivity contribution in [3.63, 3.8) is 0 Å². The molecule has 0 N–H and O–H groups in total. The summed E-state index contributed by atoms with van der Waals surface area (Å²) in [6.07, 6.45) is 1.14. The average molecular weight is 315 g/mol. The van der Waals surface area contributed by atoms with Crippen LogP contribution in [0.2, 0.25) is 0 Å². The van der Waals surface area contributed by atoms with Gasteiger partial charge in [0.2, 0.25) is 0 Å². The van der Waals surface area contributed by atoms with E-state index < -0.39 is 15.9 Å². The number of hydrogen-bond donors (Lipinski definition) is 0. The summed E-state index contributed by atoms with van der Waals surface area (Å²) >= 11 is 5.85. The Morgan fingerprint density at radius 2 is 2.00 bits per heavy atom. The van der Waals surface area contributed by atoms with Gasteiger partial charge in [0, 0.05) is 12.3 Å². The minimum absolute atomic E-state index is 0.0498. The van der Waals surface area contributed by atoms with E-state index in [2.05, 4.69) is 4.98 Å². The maximum atomic E-state index is 12.5. The number of nitrogens with zero attached hydrogens (tertiary/aromatic N) is 2. The van der Waals surface area contributed by atoms with E-state index >= 15 is 0 Å². The van der Waals surface area contributed by atoms with E-state index in [9.17, 15) is 13.2 Å². The van der Waals surface area contributed by atoms with Crippen LogP contribution in [-0.2, 0) is 15.7 Å². The Balaban J connectivity index is 2.68. The highest BCUT2D eigenvalue weighted by Crippen LogP contribution is 2.14. The number of halogens is 1. The molecule has 0 fully saturated rings. The van der Waals surface area contributed by atoms with Gasteiger partial charge in [-0.3, -0.25) is 9.36 Å². The zero-order chi connectivity index (χ0) is 14.9. The van der Waals surface area contributed by atoms with Gasteiger partial charge in [0.1, 0.15) is 15.7 Å². The second-order valence-corrected chi connectivity index (χ2v) is 7.25. The van der Waals surface area contributed by atoms with E-state index in [1.165, 1.54) is 4.57 Å². The summed E-state index contributed by atoms with van der Waals surface area (Å²) in [5.41, 5.74) is 0.304. The van der Waals surface area contributed by atoms with Gasteiger partial charge in [-0.05, 0) is 19.1 Å². The average Bonchev–Trinajstić information content (AvgIpc) is 2.36. The lowest BCUT2D eigenvalue weighted by Crippen LogP contribution is -2.31. The predicted molar refractivity (Wildman–Crippen MR) is 80.0 cm³/mol. The number of alkyl halides is 1. The monoisotopic (exact) mass is 314 g/mol. The van der Waals surface area contributed by atoms with Crippen molar-refractivity contribution in [1.82, 2.24) is 9.55 Å². The van der Waals surface area contributed by atoms with Gasteiger partial charge in [-0.25, -0.2) is 13.4 Å². The number of benzene rings is 1. The third kappa shape index (κ3) is 3.02. The SMILES string of the molecule is CC(CS(C)(=O)=O)n1c(CCl)nc2ccccc2c1=O. The normalized spacial score (nSPS) is 13.6. The lowest BCUT2D eigenvalue weighted by Gasteiger charge is -2.18. The van der Waals surface area contributed by atoms with Gasteiger partial charge in [0.15, 0.2) is 0 Å². The third-order valence-electron chi connectivity index (χ3n) is 2.99. The van der Waals surface area contributed by atoms with Crippen molar-refractivity contribution in [3.8, 4) is 0 Å². The van der Waals surface area contributed by atoms with Crippen LogP contribution in [-0.4, -0.2) is 30.0 Å². The molecule has 0 spiro atoms. The highest BCUT2D eigenvalue weighted by atomic mass is 35.5. The van der Waals surface area contributed by atoms with E-state index in [0.29, 0.717) is 16.7 Å². The first-order chi connectivity index (χ1) is 9.33. The van der Waals surface area contributed by atoms with Crippen molar-refractivity contribution >= 4 is 32.3 Å². The fraction of sp³-hybridized carbons (Fsp3) is 0.385. The molecule has 5 nitrogen and oxygen atoms in total. The molecule has 0 aliphatic carbocycles. The second-order valence-electron chi connectivity index (χ2n) is 4.80. The fourth-order valence-corrected chi connectivity index (χ4v) is 3.47. The highest BCUT2D eigenvalue weighted by molar-refractivity contribution is 7.90. The van der Waals surface area contributed by atoms with Crippen LogP contribution in [0.4, 0.5) is 0 Å². The van der Waals surface area contributed by atoms with Crippen LogP contribution in [0.3, 0.4) is 0 Å². The first-order valence-electron chi connectivity index (χ1n) is 6.07. The highest BCUT2D eigenvalue weighted by Gasteiger charge is 2.18. The van der Waals surface area contributed by atoms with E-state index in [0.717, 1.165) is 6.26 Å². The van der Waals surface area contributed by atoms with Crippen LogP contribution < -0.4 is 5.56 Å². The van der Waals surface area contributed by atoms with E-state index in [1.807, 2.05) is 0 Å². The molecule has 1 unspecified atom stereocenters. The molecule has 0 saturated carbocycles. The number of sulfone groups is 1. The number of aromatic nitrogens is 2. The van der Waals surface area contributed by atoms with E-state index in [1.54, 1.807) is 31.2 Å².